The highest BCUT2D eigenvalue weighted by Crippen LogP contribution is 2.42. The van der Waals surface area contributed by atoms with Crippen LogP contribution in [-0.2, 0) is 0 Å². The molecule has 0 aromatic heterocycles. The third-order valence-corrected chi connectivity index (χ3v) is 4.36. The number of halogens is 3. The molecule has 96 valence electrons. The van der Waals surface area contributed by atoms with Crippen LogP contribution in [0.2, 0.25) is 0 Å². The van der Waals surface area contributed by atoms with Crippen molar-refractivity contribution in [2.24, 2.45) is 4.99 Å². The molecule has 2 aliphatic heterocycles. The summed E-state index contributed by atoms with van der Waals surface area (Å²) in [6.45, 7) is 3.67. The number of hydrogen-bond donors (Lipinski definition) is 0. The van der Waals surface area contributed by atoms with Crippen LogP contribution in [0.15, 0.2) is 32.6 Å². The fraction of sp³-hybridized carbons (Fsp3) is 0.250. The second kappa shape index (κ2) is 5.35. The highest BCUT2D eigenvalue weighted by atomic mass is 79.9. The fourth-order valence-electron chi connectivity index (χ4n) is 2.11. The van der Waals surface area contributed by atoms with Crippen molar-refractivity contribution in [2.45, 2.75) is 6.92 Å². The summed E-state index contributed by atoms with van der Waals surface area (Å²) >= 11 is 4.91. The van der Waals surface area contributed by atoms with E-state index < -0.39 is 0 Å². The van der Waals surface area contributed by atoms with Gasteiger partial charge in [0.25, 0.3) is 0 Å². The Morgan fingerprint density at radius 2 is 2.22 bits per heavy atom. The van der Waals surface area contributed by atoms with Gasteiger partial charge in [-0.25, -0.2) is 4.39 Å². The van der Waals surface area contributed by atoms with Crippen LogP contribution in [0.3, 0.4) is 0 Å². The maximum absolute atomic E-state index is 14.0. The second-order valence-electron chi connectivity index (χ2n) is 3.95. The molecule has 0 aliphatic carbocycles. The van der Waals surface area contributed by atoms with Gasteiger partial charge in [-0.2, -0.15) is 0 Å². The van der Waals surface area contributed by atoms with E-state index in [1.807, 2.05) is 19.1 Å². The maximum atomic E-state index is 14.0. The molecule has 0 unspecified atom stereocenters. The molecule has 1 aromatic carbocycles. The number of amidine groups is 1. The first-order valence-electron chi connectivity index (χ1n) is 5.33. The van der Waals surface area contributed by atoms with Gasteiger partial charge in [-0.3, -0.25) is 4.99 Å². The topological polar surface area (TPSA) is 15.6 Å². The number of rotatable bonds is 1. The minimum atomic E-state index is -0.192. The largest absolute Gasteiger partial charge is 0.318 e. The van der Waals surface area contributed by atoms with Crippen LogP contribution in [0, 0.1) is 5.82 Å². The van der Waals surface area contributed by atoms with Crippen LogP contribution in [0.25, 0.3) is 5.70 Å². The van der Waals surface area contributed by atoms with Crippen molar-refractivity contribution >= 4 is 55.5 Å². The van der Waals surface area contributed by atoms with Gasteiger partial charge < -0.3 is 4.90 Å². The van der Waals surface area contributed by atoms with Gasteiger partial charge in [0.05, 0.1) is 12.2 Å². The number of fused-ring (bicyclic) bond motifs is 1. The van der Waals surface area contributed by atoms with Crippen molar-refractivity contribution in [3.05, 3.63) is 39.0 Å². The van der Waals surface area contributed by atoms with Crippen LogP contribution in [0.5, 0.6) is 0 Å². The van der Waals surface area contributed by atoms with E-state index in [-0.39, 0.29) is 22.8 Å². The molecule has 6 heteroatoms. The van der Waals surface area contributed by atoms with Gasteiger partial charge in [0, 0.05) is 21.5 Å². The van der Waals surface area contributed by atoms with E-state index in [1.165, 1.54) is 6.07 Å². The second-order valence-corrected chi connectivity index (χ2v) is 6.04. The van der Waals surface area contributed by atoms with E-state index in [4.69, 9.17) is 0 Å². The van der Waals surface area contributed by atoms with Gasteiger partial charge in [0.2, 0.25) is 0 Å². The summed E-state index contributed by atoms with van der Waals surface area (Å²) in [6.07, 6.45) is 0. The Kier molecular flexibility index (Phi) is 4.18. The van der Waals surface area contributed by atoms with Gasteiger partial charge >= 0.3 is 0 Å². The Bertz CT molecular complexity index is 557. The first-order valence-corrected chi connectivity index (χ1v) is 6.94. The van der Waals surface area contributed by atoms with Gasteiger partial charge in [-0.15, -0.1) is 17.0 Å². The molecule has 1 aromatic rings. The third-order valence-electron chi connectivity index (χ3n) is 2.84. The minimum Gasteiger partial charge on any atom is -0.318 e. The van der Waals surface area contributed by atoms with E-state index in [1.54, 1.807) is 11.8 Å². The maximum Gasteiger partial charge on any atom is 0.168 e. The molecule has 18 heavy (non-hydrogen) atoms. The number of aliphatic imine (C=N–C) groups is 1. The third kappa shape index (κ3) is 2.26. The van der Waals surface area contributed by atoms with Gasteiger partial charge in [-0.1, -0.05) is 27.7 Å². The highest BCUT2D eigenvalue weighted by Gasteiger charge is 2.32. The monoisotopic (exact) mass is 392 g/mol. The Balaban J connectivity index is 0.00000120. The lowest BCUT2D eigenvalue weighted by Gasteiger charge is -2.17. The van der Waals surface area contributed by atoms with E-state index in [0.717, 1.165) is 33.3 Å². The molecule has 0 N–H and O–H groups in total. The zero-order valence-corrected chi connectivity index (χ0v) is 13.7. The van der Waals surface area contributed by atoms with Crippen molar-refractivity contribution in [2.75, 3.05) is 13.1 Å². The number of allylic oxidation sites excluding steroid dienone is 1. The lowest BCUT2D eigenvalue weighted by atomic mass is 10.1. The molecule has 3 rings (SSSR count). The molecule has 0 radical (unpaired) electrons. The van der Waals surface area contributed by atoms with Crippen LogP contribution >= 0.6 is 44.7 Å². The first kappa shape index (κ1) is 14.1. The summed E-state index contributed by atoms with van der Waals surface area (Å²) in [6, 6.07) is 5.19. The van der Waals surface area contributed by atoms with Crippen molar-refractivity contribution in [1.82, 2.24) is 4.90 Å². The zero-order valence-electron chi connectivity index (χ0n) is 9.61. The lowest BCUT2D eigenvalue weighted by Crippen LogP contribution is -2.20. The minimum absolute atomic E-state index is 0. The summed E-state index contributed by atoms with van der Waals surface area (Å²) in [4.78, 5) is 7.62. The fourth-order valence-corrected chi connectivity index (χ4v) is 3.49. The number of thioether (sulfide) groups is 1. The summed E-state index contributed by atoms with van der Waals surface area (Å²) in [5.41, 5.74) is 1.63. The van der Waals surface area contributed by atoms with Crippen LogP contribution in [-0.4, -0.2) is 23.2 Å². The molecule has 0 atom stereocenters. The predicted molar refractivity (Wildman–Crippen MR) is 83.6 cm³/mol. The molecule has 0 spiro atoms. The Hall–Kier alpha value is -0.330. The molecule has 2 nitrogen and oxygen atoms in total. The van der Waals surface area contributed by atoms with E-state index in [9.17, 15) is 4.39 Å². The van der Waals surface area contributed by atoms with Gasteiger partial charge in [0.1, 0.15) is 5.82 Å². The number of hydrogen-bond acceptors (Lipinski definition) is 3. The first-order chi connectivity index (χ1) is 8.16. The molecular formula is C12H11Br2FN2S. The van der Waals surface area contributed by atoms with Crippen LogP contribution < -0.4 is 0 Å². The quantitative estimate of drug-likeness (QED) is 0.707. The van der Waals surface area contributed by atoms with Crippen LogP contribution in [0.4, 0.5) is 4.39 Å². The molecule has 2 heterocycles. The molecular weight excluding hydrogens is 383 g/mol. The van der Waals surface area contributed by atoms with Crippen molar-refractivity contribution in [3.63, 3.8) is 0 Å². The Morgan fingerprint density at radius 3 is 2.94 bits per heavy atom. The summed E-state index contributed by atoms with van der Waals surface area (Å²) in [5.74, 6) is -0.192. The average molecular weight is 394 g/mol. The molecule has 0 amide bonds. The van der Waals surface area contributed by atoms with Crippen molar-refractivity contribution in [3.8, 4) is 0 Å². The molecule has 0 saturated heterocycles. The molecule has 2 aliphatic rings. The molecule has 0 saturated carbocycles. The van der Waals surface area contributed by atoms with Gasteiger partial charge in [-0.05, 0) is 25.1 Å². The lowest BCUT2D eigenvalue weighted by molar-refractivity contribution is 0.602. The predicted octanol–water partition coefficient (Wildman–Crippen LogP) is 4.27. The van der Waals surface area contributed by atoms with Crippen molar-refractivity contribution < 1.29 is 4.39 Å². The summed E-state index contributed by atoms with van der Waals surface area (Å²) in [5, 5.41) is 1.000. The Labute approximate surface area is 128 Å². The zero-order chi connectivity index (χ0) is 12.0. The Morgan fingerprint density at radius 1 is 1.44 bits per heavy atom. The van der Waals surface area contributed by atoms with Gasteiger partial charge in [0.15, 0.2) is 5.17 Å². The summed E-state index contributed by atoms with van der Waals surface area (Å²) < 4.78 is 14.8. The van der Waals surface area contributed by atoms with Crippen LogP contribution in [0.1, 0.15) is 12.5 Å². The smallest absolute Gasteiger partial charge is 0.168 e. The number of benzene rings is 1. The highest BCUT2D eigenvalue weighted by molar-refractivity contribution is 9.10. The van der Waals surface area contributed by atoms with E-state index in [0.29, 0.717) is 5.56 Å². The average Bonchev–Trinajstić information content (AvgIpc) is 2.79. The standard InChI is InChI=1S/C12H10BrFN2S.BrH/c1-7-11(16-5-4-15-12(16)17-7)9-3-2-8(13)6-10(9)14;/h2-3,6H,4-5H2,1H3;1H. The van der Waals surface area contributed by atoms with E-state index >= 15 is 0 Å². The van der Waals surface area contributed by atoms with E-state index in [2.05, 4.69) is 25.8 Å². The number of nitrogens with zero attached hydrogens (tertiary/aromatic N) is 2. The van der Waals surface area contributed by atoms with Crippen molar-refractivity contribution in [1.29, 1.82) is 0 Å². The SMILES string of the molecule is Br.CC1=C(c2ccc(Br)cc2F)N2CCN=C2S1. The normalized spacial score (nSPS) is 17.7. The summed E-state index contributed by atoms with van der Waals surface area (Å²) in [7, 11) is 0. The molecule has 0 fully saturated rings. The molecule has 0 bridgehead atoms.